The van der Waals surface area contributed by atoms with E-state index in [-0.39, 0.29) is 11.7 Å². The van der Waals surface area contributed by atoms with Crippen molar-refractivity contribution in [1.82, 2.24) is 4.90 Å². The van der Waals surface area contributed by atoms with Gasteiger partial charge in [-0.3, -0.25) is 4.79 Å². The number of ether oxygens (including phenoxy) is 1. The number of phenolic OH excluding ortho intramolecular Hbond substituents is 1. The van der Waals surface area contributed by atoms with Gasteiger partial charge in [-0.05, 0) is 73.9 Å². The molecule has 1 fully saturated rings. The van der Waals surface area contributed by atoms with Gasteiger partial charge in [0, 0.05) is 13.1 Å². The Balaban J connectivity index is 1.60. The number of carbonyl (C=O) groups excluding carboxylic acids is 1. The lowest BCUT2D eigenvalue weighted by molar-refractivity contribution is 0.0665. The van der Waals surface area contributed by atoms with E-state index in [0.29, 0.717) is 11.5 Å². The van der Waals surface area contributed by atoms with Crippen molar-refractivity contribution in [2.45, 2.75) is 32.6 Å². The van der Waals surface area contributed by atoms with E-state index in [0.717, 1.165) is 50.1 Å². The normalized spacial score (nSPS) is 17.2. The highest BCUT2D eigenvalue weighted by Crippen LogP contribution is 2.26. The number of rotatable bonds is 5. The first-order valence-electron chi connectivity index (χ1n) is 9.28. The SMILES string of the molecule is COc1cccc(CC[C@H]2CCCN(C(=O)c3ccc(C)cc3O)C2)c1. The molecule has 138 valence electrons. The maximum atomic E-state index is 12.8. The quantitative estimate of drug-likeness (QED) is 0.877. The maximum Gasteiger partial charge on any atom is 0.257 e. The van der Waals surface area contributed by atoms with Crippen LogP contribution in [0.4, 0.5) is 0 Å². The molecule has 2 aromatic rings. The Hall–Kier alpha value is -2.49. The number of likely N-dealkylation sites (tertiary alicyclic amines) is 1. The Labute approximate surface area is 155 Å². The van der Waals surface area contributed by atoms with Crippen molar-refractivity contribution >= 4 is 5.91 Å². The van der Waals surface area contributed by atoms with E-state index >= 15 is 0 Å². The van der Waals surface area contributed by atoms with Gasteiger partial charge in [-0.1, -0.05) is 18.2 Å². The predicted molar refractivity (Wildman–Crippen MR) is 103 cm³/mol. The third kappa shape index (κ3) is 4.37. The Bertz CT molecular complexity index is 772. The topological polar surface area (TPSA) is 49.8 Å². The third-order valence-corrected chi connectivity index (χ3v) is 5.17. The van der Waals surface area contributed by atoms with E-state index in [4.69, 9.17) is 4.74 Å². The van der Waals surface area contributed by atoms with Gasteiger partial charge >= 0.3 is 0 Å². The molecular weight excluding hydrogens is 326 g/mol. The standard InChI is InChI=1S/C22H27NO3/c1-16-8-11-20(21(24)13-16)22(25)23-12-4-6-18(15-23)10-9-17-5-3-7-19(14-17)26-2/h3,5,7-8,11,13-14,18,24H,4,6,9-10,12,15H2,1-2H3/t18-/m1/s1. The van der Waals surface area contributed by atoms with Crippen molar-refractivity contribution in [3.63, 3.8) is 0 Å². The van der Waals surface area contributed by atoms with Gasteiger partial charge in [0.15, 0.2) is 0 Å². The molecule has 4 nitrogen and oxygen atoms in total. The number of aryl methyl sites for hydroxylation is 2. The predicted octanol–water partition coefficient (Wildman–Crippen LogP) is 4.19. The van der Waals surface area contributed by atoms with Crippen LogP contribution in [0.2, 0.25) is 0 Å². The average Bonchev–Trinajstić information content (AvgIpc) is 2.66. The van der Waals surface area contributed by atoms with Gasteiger partial charge in [-0.15, -0.1) is 0 Å². The van der Waals surface area contributed by atoms with E-state index < -0.39 is 0 Å². The molecule has 1 heterocycles. The van der Waals surface area contributed by atoms with Gasteiger partial charge in [0.2, 0.25) is 0 Å². The highest BCUT2D eigenvalue weighted by molar-refractivity contribution is 5.97. The first-order chi connectivity index (χ1) is 12.6. The highest BCUT2D eigenvalue weighted by atomic mass is 16.5. The zero-order valence-electron chi connectivity index (χ0n) is 15.6. The Morgan fingerprint density at radius 2 is 2.12 bits per heavy atom. The fourth-order valence-electron chi connectivity index (χ4n) is 3.68. The number of nitrogens with zero attached hydrogens (tertiary/aromatic N) is 1. The molecule has 0 saturated carbocycles. The molecule has 2 aromatic carbocycles. The molecule has 0 unspecified atom stereocenters. The molecule has 0 aromatic heterocycles. The minimum absolute atomic E-state index is 0.0615. The van der Waals surface area contributed by atoms with Gasteiger partial charge in [0.05, 0.1) is 12.7 Å². The molecule has 26 heavy (non-hydrogen) atoms. The summed E-state index contributed by atoms with van der Waals surface area (Å²) in [5.41, 5.74) is 2.63. The van der Waals surface area contributed by atoms with E-state index in [1.807, 2.05) is 30.0 Å². The number of phenols is 1. The maximum absolute atomic E-state index is 12.8. The molecule has 0 bridgehead atoms. The molecule has 4 heteroatoms. The second kappa shape index (κ2) is 8.26. The van der Waals surface area contributed by atoms with Crippen LogP contribution in [0.5, 0.6) is 11.5 Å². The van der Waals surface area contributed by atoms with Crippen LogP contribution in [0.1, 0.15) is 40.7 Å². The summed E-state index contributed by atoms with van der Waals surface area (Å²) in [4.78, 5) is 14.7. The van der Waals surface area contributed by atoms with Crippen molar-refractivity contribution in [3.05, 3.63) is 59.2 Å². The van der Waals surface area contributed by atoms with Crippen LogP contribution in [0.3, 0.4) is 0 Å². The molecule has 1 N–H and O–H groups in total. The van der Waals surface area contributed by atoms with E-state index in [2.05, 4.69) is 12.1 Å². The van der Waals surface area contributed by atoms with Crippen molar-refractivity contribution in [2.75, 3.05) is 20.2 Å². The van der Waals surface area contributed by atoms with Crippen molar-refractivity contribution < 1.29 is 14.6 Å². The van der Waals surface area contributed by atoms with Gasteiger partial charge in [0.25, 0.3) is 5.91 Å². The fourth-order valence-corrected chi connectivity index (χ4v) is 3.68. The first kappa shape index (κ1) is 18.3. The minimum atomic E-state index is -0.0615. The van der Waals surface area contributed by atoms with Crippen LogP contribution < -0.4 is 4.74 Å². The third-order valence-electron chi connectivity index (χ3n) is 5.17. The average molecular weight is 353 g/mol. The summed E-state index contributed by atoms with van der Waals surface area (Å²) in [6.45, 7) is 3.43. The highest BCUT2D eigenvalue weighted by Gasteiger charge is 2.25. The lowest BCUT2D eigenvalue weighted by Crippen LogP contribution is -2.40. The van der Waals surface area contributed by atoms with Gasteiger partial charge in [-0.25, -0.2) is 0 Å². The smallest absolute Gasteiger partial charge is 0.257 e. The van der Waals surface area contributed by atoms with Crippen LogP contribution >= 0.6 is 0 Å². The minimum Gasteiger partial charge on any atom is -0.507 e. The van der Waals surface area contributed by atoms with Crippen LogP contribution in [0.15, 0.2) is 42.5 Å². The Morgan fingerprint density at radius 1 is 1.27 bits per heavy atom. The van der Waals surface area contributed by atoms with Crippen LogP contribution in [0, 0.1) is 12.8 Å². The van der Waals surface area contributed by atoms with Crippen LogP contribution in [-0.2, 0) is 6.42 Å². The molecule has 1 saturated heterocycles. The van der Waals surface area contributed by atoms with Gasteiger partial charge in [0.1, 0.15) is 11.5 Å². The molecule has 1 atom stereocenters. The summed E-state index contributed by atoms with van der Waals surface area (Å²) in [7, 11) is 1.68. The van der Waals surface area contributed by atoms with E-state index in [1.165, 1.54) is 5.56 Å². The summed E-state index contributed by atoms with van der Waals surface area (Å²) in [6.07, 6.45) is 4.20. The number of hydrogen-bond acceptors (Lipinski definition) is 3. The van der Waals surface area contributed by atoms with Crippen LogP contribution in [0.25, 0.3) is 0 Å². The summed E-state index contributed by atoms with van der Waals surface area (Å²) < 4.78 is 5.29. The number of piperidine rings is 1. The molecule has 1 amide bonds. The number of hydrogen-bond donors (Lipinski definition) is 1. The van der Waals surface area contributed by atoms with Gasteiger partial charge < -0.3 is 14.7 Å². The number of benzene rings is 2. The molecular formula is C22H27NO3. The summed E-state index contributed by atoms with van der Waals surface area (Å²) >= 11 is 0. The van der Waals surface area contributed by atoms with Crippen molar-refractivity contribution in [3.8, 4) is 11.5 Å². The summed E-state index contributed by atoms with van der Waals surface area (Å²) in [5.74, 6) is 1.39. The van der Waals surface area contributed by atoms with Gasteiger partial charge in [-0.2, -0.15) is 0 Å². The molecule has 1 aliphatic rings. The summed E-state index contributed by atoms with van der Waals surface area (Å²) in [6, 6.07) is 13.4. The zero-order valence-corrected chi connectivity index (χ0v) is 15.6. The van der Waals surface area contributed by atoms with E-state index in [1.54, 1.807) is 19.2 Å². The largest absolute Gasteiger partial charge is 0.507 e. The molecule has 1 aliphatic heterocycles. The molecule has 3 rings (SSSR count). The zero-order chi connectivity index (χ0) is 18.5. The number of amides is 1. The Morgan fingerprint density at radius 3 is 2.88 bits per heavy atom. The molecule has 0 spiro atoms. The fraction of sp³-hybridized carbons (Fsp3) is 0.409. The lowest BCUT2D eigenvalue weighted by atomic mass is 9.91. The number of carbonyl (C=O) groups is 1. The monoisotopic (exact) mass is 353 g/mol. The molecule has 0 aliphatic carbocycles. The van der Waals surface area contributed by atoms with E-state index in [9.17, 15) is 9.90 Å². The van der Waals surface area contributed by atoms with Crippen molar-refractivity contribution in [2.24, 2.45) is 5.92 Å². The Kier molecular flexibility index (Phi) is 5.82. The molecule has 0 radical (unpaired) electrons. The second-order valence-corrected chi connectivity index (χ2v) is 7.17. The summed E-state index contributed by atoms with van der Waals surface area (Å²) in [5, 5.41) is 10.1. The number of methoxy groups -OCH3 is 1. The van der Waals surface area contributed by atoms with Crippen LogP contribution in [-0.4, -0.2) is 36.1 Å². The first-order valence-corrected chi connectivity index (χ1v) is 9.28. The number of aromatic hydroxyl groups is 1. The van der Waals surface area contributed by atoms with Crippen molar-refractivity contribution in [1.29, 1.82) is 0 Å². The lowest BCUT2D eigenvalue weighted by Gasteiger charge is -2.33. The second-order valence-electron chi connectivity index (χ2n) is 7.17.